The molecule has 28 heavy (non-hydrogen) atoms. The summed E-state index contributed by atoms with van der Waals surface area (Å²) in [4.78, 5) is 9.17. The van der Waals surface area contributed by atoms with Crippen molar-refractivity contribution in [3.8, 4) is 0 Å². The summed E-state index contributed by atoms with van der Waals surface area (Å²) in [6, 6.07) is 10.6. The van der Waals surface area contributed by atoms with Crippen LogP contribution in [0.2, 0.25) is 0 Å². The Morgan fingerprint density at radius 2 is 1.82 bits per heavy atom. The SMILES string of the molecule is CN=C(NCCN1CCN(Cc2ccccc2)CC1)NC1CCS(=O)(=O)C1.I. The van der Waals surface area contributed by atoms with Crippen molar-refractivity contribution in [2.45, 2.75) is 19.0 Å². The summed E-state index contributed by atoms with van der Waals surface area (Å²) in [7, 11) is -1.15. The highest BCUT2D eigenvalue weighted by atomic mass is 127. The number of nitrogens with zero attached hydrogens (tertiary/aromatic N) is 3. The lowest BCUT2D eigenvalue weighted by Crippen LogP contribution is -2.50. The Labute approximate surface area is 185 Å². The van der Waals surface area contributed by atoms with E-state index >= 15 is 0 Å². The first-order valence-electron chi connectivity index (χ1n) is 9.70. The number of hydrogen-bond acceptors (Lipinski definition) is 5. The lowest BCUT2D eigenvalue weighted by atomic mass is 10.2. The zero-order chi connectivity index (χ0) is 19.1. The number of rotatable bonds is 6. The lowest BCUT2D eigenvalue weighted by Gasteiger charge is -2.34. The predicted molar refractivity (Wildman–Crippen MR) is 125 cm³/mol. The Balaban J connectivity index is 0.00000280. The highest BCUT2D eigenvalue weighted by Crippen LogP contribution is 2.11. The molecule has 2 saturated heterocycles. The molecule has 2 aliphatic rings. The smallest absolute Gasteiger partial charge is 0.191 e. The molecule has 3 rings (SSSR count). The zero-order valence-electron chi connectivity index (χ0n) is 16.5. The molecule has 1 aromatic rings. The fraction of sp³-hybridized carbons (Fsp3) is 0.632. The second-order valence-corrected chi connectivity index (χ2v) is 9.58. The van der Waals surface area contributed by atoms with Crippen molar-refractivity contribution in [2.75, 3.05) is 57.8 Å². The molecule has 0 aromatic heterocycles. The van der Waals surface area contributed by atoms with Crippen LogP contribution in [0.1, 0.15) is 12.0 Å². The summed E-state index contributed by atoms with van der Waals surface area (Å²) < 4.78 is 23.1. The van der Waals surface area contributed by atoms with E-state index in [1.165, 1.54) is 5.56 Å². The van der Waals surface area contributed by atoms with Crippen LogP contribution >= 0.6 is 24.0 Å². The Kier molecular flexibility index (Phi) is 9.45. The second-order valence-electron chi connectivity index (χ2n) is 7.35. The van der Waals surface area contributed by atoms with Crippen molar-refractivity contribution >= 4 is 39.8 Å². The largest absolute Gasteiger partial charge is 0.355 e. The monoisotopic (exact) mass is 521 g/mol. The van der Waals surface area contributed by atoms with Gasteiger partial charge in [-0.25, -0.2) is 8.42 Å². The molecule has 1 aromatic carbocycles. The van der Waals surface area contributed by atoms with Gasteiger partial charge < -0.3 is 10.6 Å². The van der Waals surface area contributed by atoms with E-state index in [2.05, 4.69) is 55.8 Å². The van der Waals surface area contributed by atoms with E-state index in [0.717, 1.165) is 45.8 Å². The van der Waals surface area contributed by atoms with E-state index in [1.54, 1.807) is 7.05 Å². The average molecular weight is 521 g/mol. The second kappa shape index (κ2) is 11.3. The van der Waals surface area contributed by atoms with Crippen LogP contribution in [-0.4, -0.2) is 88.0 Å². The predicted octanol–water partition coefficient (Wildman–Crippen LogP) is 0.774. The third kappa shape index (κ3) is 7.49. The van der Waals surface area contributed by atoms with Crippen LogP contribution in [0.4, 0.5) is 0 Å². The number of sulfone groups is 1. The van der Waals surface area contributed by atoms with Crippen molar-refractivity contribution in [3.63, 3.8) is 0 Å². The topological polar surface area (TPSA) is 77.0 Å². The molecule has 2 N–H and O–H groups in total. The minimum absolute atomic E-state index is 0. The number of hydrogen-bond donors (Lipinski definition) is 2. The van der Waals surface area contributed by atoms with Crippen LogP contribution in [-0.2, 0) is 16.4 Å². The van der Waals surface area contributed by atoms with Crippen LogP contribution in [0.5, 0.6) is 0 Å². The van der Waals surface area contributed by atoms with Crippen molar-refractivity contribution in [2.24, 2.45) is 4.99 Å². The first-order valence-corrected chi connectivity index (χ1v) is 11.5. The van der Waals surface area contributed by atoms with Gasteiger partial charge in [-0.1, -0.05) is 30.3 Å². The van der Waals surface area contributed by atoms with Gasteiger partial charge in [0.15, 0.2) is 15.8 Å². The van der Waals surface area contributed by atoms with E-state index in [4.69, 9.17) is 0 Å². The lowest BCUT2D eigenvalue weighted by molar-refractivity contribution is 0.129. The number of guanidine groups is 1. The van der Waals surface area contributed by atoms with Gasteiger partial charge in [0, 0.05) is 58.9 Å². The fourth-order valence-electron chi connectivity index (χ4n) is 3.64. The van der Waals surface area contributed by atoms with Crippen LogP contribution in [0.3, 0.4) is 0 Å². The van der Waals surface area contributed by atoms with Crippen molar-refractivity contribution < 1.29 is 8.42 Å². The molecule has 2 heterocycles. The Morgan fingerprint density at radius 3 is 2.43 bits per heavy atom. The summed E-state index contributed by atoms with van der Waals surface area (Å²) in [5.74, 6) is 1.17. The third-order valence-corrected chi connectivity index (χ3v) is 7.00. The summed E-state index contributed by atoms with van der Waals surface area (Å²) in [6.45, 7) is 7.10. The molecule has 0 spiro atoms. The highest BCUT2D eigenvalue weighted by Gasteiger charge is 2.28. The van der Waals surface area contributed by atoms with Gasteiger partial charge in [-0.15, -0.1) is 24.0 Å². The molecule has 0 radical (unpaired) electrons. The van der Waals surface area contributed by atoms with E-state index in [1.807, 2.05) is 0 Å². The summed E-state index contributed by atoms with van der Waals surface area (Å²) in [5.41, 5.74) is 1.37. The maximum Gasteiger partial charge on any atom is 0.191 e. The van der Waals surface area contributed by atoms with Gasteiger partial charge >= 0.3 is 0 Å². The molecule has 158 valence electrons. The van der Waals surface area contributed by atoms with Crippen LogP contribution in [0, 0.1) is 0 Å². The fourth-order valence-corrected chi connectivity index (χ4v) is 5.32. The average Bonchev–Trinajstić information content (AvgIpc) is 3.01. The molecule has 9 heteroatoms. The number of aliphatic imine (C=N–C) groups is 1. The van der Waals surface area contributed by atoms with E-state index in [9.17, 15) is 8.42 Å². The maximum atomic E-state index is 11.6. The first-order chi connectivity index (χ1) is 13.0. The molecule has 1 atom stereocenters. The Morgan fingerprint density at radius 1 is 1.14 bits per heavy atom. The van der Waals surface area contributed by atoms with Crippen molar-refractivity contribution in [3.05, 3.63) is 35.9 Å². The van der Waals surface area contributed by atoms with Gasteiger partial charge in [-0.3, -0.25) is 14.8 Å². The van der Waals surface area contributed by atoms with E-state index < -0.39 is 9.84 Å². The van der Waals surface area contributed by atoms with Gasteiger partial charge in [0.25, 0.3) is 0 Å². The summed E-state index contributed by atoms with van der Waals surface area (Å²) in [5, 5.41) is 6.54. The van der Waals surface area contributed by atoms with Crippen LogP contribution < -0.4 is 10.6 Å². The van der Waals surface area contributed by atoms with Crippen molar-refractivity contribution in [1.29, 1.82) is 0 Å². The minimum Gasteiger partial charge on any atom is -0.355 e. The van der Waals surface area contributed by atoms with Gasteiger partial charge in [0.1, 0.15) is 0 Å². The zero-order valence-corrected chi connectivity index (χ0v) is 19.7. The molecule has 0 saturated carbocycles. The summed E-state index contributed by atoms with van der Waals surface area (Å²) >= 11 is 0. The Bertz CT molecular complexity index is 721. The molecule has 0 amide bonds. The standard InChI is InChI=1S/C19H31N5O2S.HI/c1-20-19(22-18-7-14-27(25,26)16-18)21-8-9-23-10-12-24(13-11-23)15-17-5-3-2-4-6-17;/h2-6,18H,7-16H2,1H3,(H2,20,21,22);1H. The molecule has 0 bridgehead atoms. The number of halogens is 1. The molecular weight excluding hydrogens is 489 g/mol. The number of benzene rings is 1. The van der Waals surface area contributed by atoms with Crippen LogP contribution in [0.25, 0.3) is 0 Å². The molecule has 2 aliphatic heterocycles. The normalized spacial score (nSPS) is 23.2. The van der Waals surface area contributed by atoms with Gasteiger partial charge in [-0.2, -0.15) is 0 Å². The summed E-state index contributed by atoms with van der Waals surface area (Å²) in [6.07, 6.45) is 0.659. The molecule has 0 aliphatic carbocycles. The highest BCUT2D eigenvalue weighted by molar-refractivity contribution is 14.0. The van der Waals surface area contributed by atoms with E-state index in [0.29, 0.717) is 12.4 Å². The Hall–Kier alpha value is -0.910. The quantitative estimate of drug-likeness (QED) is 0.328. The molecular formula is C19H32IN5O2S. The molecule has 2 fully saturated rings. The van der Waals surface area contributed by atoms with E-state index in [-0.39, 0.29) is 41.5 Å². The van der Waals surface area contributed by atoms with Gasteiger partial charge in [0.05, 0.1) is 11.5 Å². The van der Waals surface area contributed by atoms with Gasteiger partial charge in [0.2, 0.25) is 0 Å². The minimum atomic E-state index is -2.87. The number of piperazine rings is 1. The van der Waals surface area contributed by atoms with Crippen LogP contribution in [0.15, 0.2) is 35.3 Å². The molecule has 1 unspecified atom stereocenters. The van der Waals surface area contributed by atoms with Crippen molar-refractivity contribution in [1.82, 2.24) is 20.4 Å². The third-order valence-electron chi connectivity index (χ3n) is 5.23. The first kappa shape index (κ1) is 23.4. The molecule has 7 nitrogen and oxygen atoms in total. The number of nitrogens with one attached hydrogen (secondary N) is 2. The maximum absolute atomic E-state index is 11.6. The van der Waals surface area contributed by atoms with Gasteiger partial charge in [-0.05, 0) is 12.0 Å².